The Morgan fingerprint density at radius 1 is 0.854 bits per heavy atom. The number of guanidine groups is 1. The number of rotatable bonds is 11. The van der Waals surface area contributed by atoms with Crippen LogP contribution in [0.1, 0.15) is 29.2 Å². The fourth-order valence-corrected chi connectivity index (χ4v) is 5.99. The van der Waals surface area contributed by atoms with Crippen LogP contribution < -0.4 is 26.8 Å². The van der Waals surface area contributed by atoms with Crippen LogP contribution in [0.2, 0.25) is 0 Å². The van der Waals surface area contributed by atoms with Crippen molar-refractivity contribution in [3.05, 3.63) is 108 Å². The van der Waals surface area contributed by atoms with Crippen LogP contribution in [-0.2, 0) is 4.79 Å². The summed E-state index contributed by atoms with van der Waals surface area (Å²) in [5.74, 6) is 0.791. The van der Waals surface area contributed by atoms with E-state index in [0.29, 0.717) is 85.0 Å². The fraction of sp³-hybridized carbons (Fsp3) is 0.222. The highest BCUT2D eigenvalue weighted by Gasteiger charge is 2.27. The first-order valence-corrected chi connectivity index (χ1v) is 15.8. The SMILES string of the molecule is NC(=O)[C@H](CCCN=C(N)N)n1c(-c2cccc(Oc3ccccc3)c2)nc2cc(C(=O)N3CCN(c4cccc(F)c4)CC3)ccc21. The van der Waals surface area contributed by atoms with E-state index in [0.717, 1.165) is 5.69 Å². The monoisotopic (exact) mass is 648 g/mol. The molecule has 1 fully saturated rings. The van der Waals surface area contributed by atoms with Gasteiger partial charge < -0.3 is 36.3 Å². The van der Waals surface area contributed by atoms with Crippen LogP contribution in [0.15, 0.2) is 102 Å². The molecule has 12 heteroatoms. The van der Waals surface area contributed by atoms with Gasteiger partial charge in [-0.3, -0.25) is 14.6 Å². The summed E-state index contributed by atoms with van der Waals surface area (Å²) in [6, 6.07) is 27.9. The molecular weight excluding hydrogens is 611 g/mol. The number of carbonyl (C=O) groups excluding carboxylic acids is 2. The maximum atomic E-state index is 13.8. The minimum absolute atomic E-state index is 0.0257. The number of hydrogen-bond acceptors (Lipinski definition) is 6. The summed E-state index contributed by atoms with van der Waals surface area (Å²) in [5.41, 5.74) is 20.2. The van der Waals surface area contributed by atoms with E-state index >= 15 is 0 Å². The van der Waals surface area contributed by atoms with E-state index in [-0.39, 0.29) is 17.7 Å². The predicted molar refractivity (Wildman–Crippen MR) is 184 cm³/mol. The Balaban J connectivity index is 1.32. The number of hydrogen-bond donors (Lipinski definition) is 3. The molecule has 4 aromatic carbocycles. The third-order valence-electron chi connectivity index (χ3n) is 8.32. The Hall–Kier alpha value is -5.91. The molecule has 5 aromatic rings. The van der Waals surface area contributed by atoms with E-state index in [9.17, 15) is 14.0 Å². The van der Waals surface area contributed by atoms with E-state index in [2.05, 4.69) is 9.89 Å². The third-order valence-corrected chi connectivity index (χ3v) is 8.32. The molecular formula is C36H37FN8O3. The van der Waals surface area contributed by atoms with Gasteiger partial charge in [-0.15, -0.1) is 0 Å². The maximum absolute atomic E-state index is 13.8. The van der Waals surface area contributed by atoms with Gasteiger partial charge in [0.25, 0.3) is 5.91 Å². The number of benzene rings is 4. The molecule has 2 heterocycles. The van der Waals surface area contributed by atoms with Crippen molar-refractivity contribution >= 4 is 34.5 Å². The van der Waals surface area contributed by atoms with Crippen LogP contribution in [0.5, 0.6) is 11.5 Å². The van der Waals surface area contributed by atoms with Gasteiger partial charge in [-0.1, -0.05) is 36.4 Å². The second-order valence-electron chi connectivity index (χ2n) is 11.6. The number of aromatic nitrogens is 2. The van der Waals surface area contributed by atoms with Crippen LogP contribution >= 0.6 is 0 Å². The van der Waals surface area contributed by atoms with Crippen molar-refractivity contribution in [3.8, 4) is 22.9 Å². The molecule has 1 aliphatic heterocycles. The lowest BCUT2D eigenvalue weighted by Gasteiger charge is -2.36. The number of nitrogens with two attached hydrogens (primary N) is 3. The van der Waals surface area contributed by atoms with Crippen LogP contribution in [0.3, 0.4) is 0 Å². The molecule has 246 valence electrons. The van der Waals surface area contributed by atoms with Gasteiger partial charge in [0.05, 0.1) is 11.0 Å². The van der Waals surface area contributed by atoms with Gasteiger partial charge in [0.2, 0.25) is 5.91 Å². The van der Waals surface area contributed by atoms with Crippen molar-refractivity contribution in [2.24, 2.45) is 22.2 Å². The fourth-order valence-electron chi connectivity index (χ4n) is 5.99. The number of carbonyl (C=O) groups is 2. The lowest BCUT2D eigenvalue weighted by Crippen LogP contribution is -2.48. The summed E-state index contributed by atoms with van der Waals surface area (Å²) in [6.45, 7) is 2.47. The number of para-hydroxylation sites is 1. The number of ether oxygens (including phenoxy) is 1. The van der Waals surface area contributed by atoms with Gasteiger partial charge >= 0.3 is 0 Å². The first-order chi connectivity index (χ1) is 23.3. The largest absolute Gasteiger partial charge is 0.457 e. The van der Waals surface area contributed by atoms with E-state index in [1.807, 2.05) is 65.2 Å². The van der Waals surface area contributed by atoms with Crippen molar-refractivity contribution in [2.45, 2.75) is 18.9 Å². The highest BCUT2D eigenvalue weighted by Crippen LogP contribution is 2.34. The summed E-state index contributed by atoms with van der Waals surface area (Å²) in [6.07, 6.45) is 0.862. The first kappa shape index (κ1) is 32.0. The molecule has 0 unspecified atom stereocenters. The molecule has 0 radical (unpaired) electrons. The topological polar surface area (TPSA) is 158 Å². The highest BCUT2D eigenvalue weighted by atomic mass is 19.1. The average molecular weight is 649 g/mol. The lowest BCUT2D eigenvalue weighted by atomic mass is 10.1. The maximum Gasteiger partial charge on any atom is 0.254 e. The second kappa shape index (κ2) is 14.2. The van der Waals surface area contributed by atoms with E-state index in [4.69, 9.17) is 26.9 Å². The number of aliphatic imine (C=N–C) groups is 1. The number of halogens is 1. The zero-order chi connectivity index (χ0) is 33.6. The third kappa shape index (κ3) is 7.22. The highest BCUT2D eigenvalue weighted by molar-refractivity contribution is 5.98. The van der Waals surface area contributed by atoms with Crippen LogP contribution in [0, 0.1) is 5.82 Å². The molecule has 48 heavy (non-hydrogen) atoms. The molecule has 0 aliphatic carbocycles. The number of imidazole rings is 1. The molecule has 0 saturated carbocycles. The Kier molecular flexibility index (Phi) is 9.51. The Morgan fingerprint density at radius 2 is 1.60 bits per heavy atom. The van der Waals surface area contributed by atoms with Crippen LogP contribution in [0.4, 0.5) is 10.1 Å². The minimum Gasteiger partial charge on any atom is -0.457 e. The number of primary amides is 1. The number of fused-ring (bicyclic) bond motifs is 1. The van der Waals surface area contributed by atoms with E-state index in [1.165, 1.54) is 12.1 Å². The number of piperazine rings is 1. The molecule has 1 saturated heterocycles. The van der Waals surface area contributed by atoms with Gasteiger partial charge in [-0.25, -0.2) is 9.37 Å². The molecule has 2 amide bonds. The normalized spacial score (nSPS) is 13.7. The van der Waals surface area contributed by atoms with Crippen molar-refractivity contribution in [3.63, 3.8) is 0 Å². The van der Waals surface area contributed by atoms with Gasteiger partial charge in [-0.2, -0.15) is 0 Å². The molecule has 1 aromatic heterocycles. The number of amides is 2. The minimum atomic E-state index is -0.768. The zero-order valence-electron chi connectivity index (χ0n) is 26.3. The van der Waals surface area contributed by atoms with Crippen LogP contribution in [0.25, 0.3) is 22.4 Å². The summed E-state index contributed by atoms with van der Waals surface area (Å²) >= 11 is 0. The van der Waals surface area contributed by atoms with Crippen molar-refractivity contribution in [1.29, 1.82) is 0 Å². The quantitative estimate of drug-likeness (QED) is 0.107. The molecule has 1 atom stereocenters. The Morgan fingerprint density at radius 3 is 2.33 bits per heavy atom. The van der Waals surface area contributed by atoms with Gasteiger partial charge in [-0.05, 0) is 73.5 Å². The van der Waals surface area contributed by atoms with Gasteiger partial charge in [0.15, 0.2) is 5.96 Å². The summed E-state index contributed by atoms with van der Waals surface area (Å²) < 4.78 is 21.7. The first-order valence-electron chi connectivity index (χ1n) is 15.8. The van der Waals surface area contributed by atoms with Gasteiger partial charge in [0.1, 0.15) is 29.2 Å². The molecule has 0 spiro atoms. The van der Waals surface area contributed by atoms with Crippen molar-refractivity contribution in [2.75, 3.05) is 37.6 Å². The number of anilines is 1. The predicted octanol–water partition coefficient (Wildman–Crippen LogP) is 4.68. The smallest absolute Gasteiger partial charge is 0.254 e. The molecule has 11 nitrogen and oxygen atoms in total. The van der Waals surface area contributed by atoms with E-state index < -0.39 is 11.9 Å². The zero-order valence-corrected chi connectivity index (χ0v) is 26.3. The summed E-state index contributed by atoms with van der Waals surface area (Å²) in [4.78, 5) is 39.5. The summed E-state index contributed by atoms with van der Waals surface area (Å²) in [5, 5.41) is 0. The summed E-state index contributed by atoms with van der Waals surface area (Å²) in [7, 11) is 0. The van der Waals surface area contributed by atoms with Crippen molar-refractivity contribution in [1.82, 2.24) is 14.5 Å². The molecule has 6 N–H and O–H groups in total. The molecule has 6 rings (SSSR count). The Bertz CT molecular complexity index is 1950. The van der Waals surface area contributed by atoms with E-state index in [1.54, 1.807) is 29.2 Å². The van der Waals surface area contributed by atoms with Crippen LogP contribution in [-0.4, -0.2) is 64.9 Å². The Labute approximate surface area is 277 Å². The van der Waals surface area contributed by atoms with Gasteiger partial charge in [0, 0.05) is 49.5 Å². The second-order valence-corrected chi connectivity index (χ2v) is 11.6. The molecule has 1 aliphatic rings. The standard InChI is InChI=1S/C36H37FN8O3/c37-26-8-5-9-27(23-26)43-17-19-44(20-18-43)35(47)25-14-15-31-30(22-25)42-34(45(31)32(33(38)46)13-6-16-41-36(39)40)24-7-4-12-29(21-24)48-28-10-2-1-3-11-28/h1-5,7-12,14-15,21-23,32H,6,13,16-20H2,(H2,38,46)(H4,39,40,41)/t32-/m0/s1. The average Bonchev–Trinajstić information content (AvgIpc) is 3.47. The lowest BCUT2D eigenvalue weighted by molar-refractivity contribution is -0.121. The van der Waals surface area contributed by atoms with Crippen molar-refractivity contribution < 1.29 is 18.7 Å². The number of nitrogens with zero attached hydrogens (tertiary/aromatic N) is 5. The molecule has 0 bridgehead atoms.